The topological polar surface area (TPSA) is 133 Å². The number of hydrogen-bond donors (Lipinski definition) is 2. The van der Waals surface area contributed by atoms with Crippen molar-refractivity contribution in [1.82, 2.24) is 10.9 Å². The van der Waals surface area contributed by atoms with Gasteiger partial charge in [-0.1, -0.05) is 0 Å². The Morgan fingerprint density at radius 2 is 1.59 bits per heavy atom. The Hall–Kier alpha value is -4.12. The first kappa shape index (κ1) is 24.5. The van der Waals surface area contributed by atoms with E-state index in [2.05, 4.69) is 10.9 Å². The molecule has 0 aliphatic carbocycles. The van der Waals surface area contributed by atoms with Gasteiger partial charge in [0.25, 0.3) is 11.8 Å². The monoisotopic (exact) mass is 471 g/mol. The summed E-state index contributed by atoms with van der Waals surface area (Å²) in [4.78, 5) is 50.7. The molecule has 3 amide bonds. The summed E-state index contributed by atoms with van der Waals surface area (Å²) < 4.78 is 20.6. The van der Waals surface area contributed by atoms with Crippen molar-refractivity contribution >= 4 is 29.4 Å². The minimum Gasteiger partial charge on any atom is -0.493 e. The fraction of sp³-hybridized carbons (Fsp3) is 0.304. The fourth-order valence-corrected chi connectivity index (χ4v) is 3.41. The molecule has 3 rings (SSSR count). The fourth-order valence-electron chi connectivity index (χ4n) is 3.41. The van der Waals surface area contributed by atoms with Gasteiger partial charge in [-0.05, 0) is 43.3 Å². The third-order valence-corrected chi connectivity index (χ3v) is 5.07. The normalized spacial score (nSPS) is 15.2. The highest BCUT2D eigenvalue weighted by atomic mass is 16.5. The quantitative estimate of drug-likeness (QED) is 0.317. The van der Waals surface area contributed by atoms with Gasteiger partial charge in [-0.25, -0.2) is 15.1 Å². The minimum atomic E-state index is -0.969. The number of rotatable bonds is 9. The van der Waals surface area contributed by atoms with Crippen molar-refractivity contribution in [2.24, 2.45) is 0 Å². The summed E-state index contributed by atoms with van der Waals surface area (Å²) in [5.74, 6) is -1.16. The lowest BCUT2D eigenvalue weighted by atomic mass is 10.1. The van der Waals surface area contributed by atoms with Crippen LogP contribution in [0, 0.1) is 0 Å². The van der Waals surface area contributed by atoms with Crippen molar-refractivity contribution in [2.45, 2.75) is 19.4 Å². The number of esters is 1. The molecular weight excluding hydrogens is 446 g/mol. The van der Waals surface area contributed by atoms with E-state index >= 15 is 0 Å². The second kappa shape index (κ2) is 10.7. The van der Waals surface area contributed by atoms with Gasteiger partial charge in [-0.15, -0.1) is 0 Å². The molecule has 2 N–H and O–H groups in total. The number of hydrazine groups is 1. The number of carbonyl (C=O) groups excluding carboxylic acids is 4. The number of anilines is 1. The second-order valence-electron chi connectivity index (χ2n) is 7.10. The van der Waals surface area contributed by atoms with Gasteiger partial charge in [0, 0.05) is 5.56 Å². The van der Waals surface area contributed by atoms with E-state index in [0.717, 1.165) is 4.90 Å². The lowest BCUT2D eigenvalue weighted by molar-refractivity contribution is -0.121. The zero-order chi connectivity index (χ0) is 24.8. The summed E-state index contributed by atoms with van der Waals surface area (Å²) in [7, 11) is 4.29. The highest BCUT2D eigenvalue weighted by molar-refractivity contribution is 6.22. The molecule has 180 valence electrons. The van der Waals surface area contributed by atoms with Crippen molar-refractivity contribution in [3.05, 3.63) is 47.5 Å². The average molecular weight is 471 g/mol. The third kappa shape index (κ3) is 4.94. The maximum atomic E-state index is 12.8. The van der Waals surface area contributed by atoms with Gasteiger partial charge < -0.3 is 18.9 Å². The third-order valence-electron chi connectivity index (χ3n) is 5.07. The summed E-state index contributed by atoms with van der Waals surface area (Å²) >= 11 is 0. The summed E-state index contributed by atoms with van der Waals surface area (Å²) in [5.41, 5.74) is 5.85. The van der Waals surface area contributed by atoms with Crippen LogP contribution in [0.1, 0.15) is 34.1 Å². The first-order valence-corrected chi connectivity index (χ1v) is 10.3. The summed E-state index contributed by atoms with van der Waals surface area (Å²) in [6.45, 7) is 1.93. The zero-order valence-corrected chi connectivity index (χ0v) is 19.2. The molecule has 1 fully saturated rings. The number of benzene rings is 2. The molecule has 1 aliphatic rings. The van der Waals surface area contributed by atoms with Gasteiger partial charge >= 0.3 is 5.97 Å². The molecule has 1 heterocycles. The standard InChI is InChI=1S/C23H25N3O8/c1-5-34-23(30)13-6-8-15(9-7-13)26-19(27)12-16(22(26)29)24-25-21(28)14-10-17(31-2)20(33-4)18(11-14)32-3/h6-11,16,24H,5,12H2,1-4H3,(H,25,28)/t16-/m1/s1. The van der Waals surface area contributed by atoms with E-state index in [4.69, 9.17) is 18.9 Å². The molecule has 2 aromatic rings. The second-order valence-corrected chi connectivity index (χ2v) is 7.10. The number of methoxy groups -OCH3 is 3. The molecule has 0 unspecified atom stereocenters. The van der Waals surface area contributed by atoms with Crippen LogP contribution in [0.2, 0.25) is 0 Å². The van der Waals surface area contributed by atoms with Crippen molar-refractivity contribution < 1.29 is 38.1 Å². The Balaban J connectivity index is 1.69. The predicted octanol–water partition coefficient (Wildman–Crippen LogP) is 1.46. The van der Waals surface area contributed by atoms with Gasteiger partial charge in [0.2, 0.25) is 11.7 Å². The van der Waals surface area contributed by atoms with E-state index in [-0.39, 0.29) is 30.1 Å². The van der Waals surface area contributed by atoms with E-state index in [1.54, 1.807) is 6.92 Å². The van der Waals surface area contributed by atoms with E-state index in [0.29, 0.717) is 17.0 Å². The van der Waals surface area contributed by atoms with Crippen LogP contribution < -0.4 is 30.0 Å². The molecule has 0 radical (unpaired) electrons. The molecule has 0 spiro atoms. The number of carbonyl (C=O) groups is 4. The number of ether oxygens (including phenoxy) is 4. The summed E-state index contributed by atoms with van der Waals surface area (Å²) in [6, 6.07) is 7.86. The van der Waals surface area contributed by atoms with Crippen LogP contribution in [0.5, 0.6) is 17.2 Å². The first-order valence-electron chi connectivity index (χ1n) is 10.3. The Bertz CT molecular complexity index is 1070. The van der Waals surface area contributed by atoms with Crippen LogP contribution in [-0.2, 0) is 14.3 Å². The molecule has 1 atom stereocenters. The molecule has 11 nitrogen and oxygen atoms in total. The highest BCUT2D eigenvalue weighted by Crippen LogP contribution is 2.38. The van der Waals surface area contributed by atoms with E-state index in [1.807, 2.05) is 0 Å². The van der Waals surface area contributed by atoms with Gasteiger partial charge in [-0.3, -0.25) is 19.8 Å². The number of amides is 3. The zero-order valence-electron chi connectivity index (χ0n) is 19.2. The van der Waals surface area contributed by atoms with Gasteiger partial charge in [0.05, 0.1) is 45.6 Å². The van der Waals surface area contributed by atoms with Crippen molar-refractivity contribution in [1.29, 1.82) is 0 Å². The summed E-state index contributed by atoms with van der Waals surface area (Å²) in [6.07, 6.45) is -0.159. The van der Waals surface area contributed by atoms with Crippen LogP contribution in [0.15, 0.2) is 36.4 Å². The smallest absolute Gasteiger partial charge is 0.338 e. The van der Waals surface area contributed by atoms with Crippen LogP contribution >= 0.6 is 0 Å². The number of hydrogen-bond acceptors (Lipinski definition) is 9. The van der Waals surface area contributed by atoms with Crippen LogP contribution in [0.3, 0.4) is 0 Å². The van der Waals surface area contributed by atoms with Crippen LogP contribution in [0.4, 0.5) is 5.69 Å². The van der Waals surface area contributed by atoms with E-state index in [1.165, 1.54) is 57.7 Å². The van der Waals surface area contributed by atoms with Gasteiger partial charge in [-0.2, -0.15) is 0 Å². The SMILES string of the molecule is CCOC(=O)c1ccc(N2C(=O)C[C@@H](NNC(=O)c3cc(OC)c(OC)c(OC)c3)C2=O)cc1. The maximum Gasteiger partial charge on any atom is 0.338 e. The molecule has 1 aliphatic heterocycles. The Morgan fingerprint density at radius 1 is 0.971 bits per heavy atom. The highest BCUT2D eigenvalue weighted by Gasteiger charge is 2.39. The van der Waals surface area contributed by atoms with E-state index < -0.39 is 29.7 Å². The molecule has 0 bridgehead atoms. The average Bonchev–Trinajstić information content (AvgIpc) is 3.14. The van der Waals surface area contributed by atoms with Crippen LogP contribution in [0.25, 0.3) is 0 Å². The summed E-state index contributed by atoms with van der Waals surface area (Å²) in [5, 5.41) is 0. The number of imide groups is 1. The molecule has 1 saturated heterocycles. The Morgan fingerprint density at radius 3 is 2.12 bits per heavy atom. The largest absolute Gasteiger partial charge is 0.493 e. The van der Waals surface area contributed by atoms with Crippen LogP contribution in [-0.4, -0.2) is 57.7 Å². The van der Waals surface area contributed by atoms with Crippen molar-refractivity contribution in [3.63, 3.8) is 0 Å². The lowest BCUT2D eigenvalue weighted by Gasteiger charge is -2.17. The van der Waals surface area contributed by atoms with E-state index in [9.17, 15) is 19.2 Å². The number of nitrogens with zero attached hydrogens (tertiary/aromatic N) is 1. The first-order chi connectivity index (χ1) is 16.3. The molecule has 34 heavy (non-hydrogen) atoms. The Labute approximate surface area is 195 Å². The molecule has 0 saturated carbocycles. The Kier molecular flexibility index (Phi) is 7.69. The predicted molar refractivity (Wildman–Crippen MR) is 120 cm³/mol. The maximum absolute atomic E-state index is 12.8. The molecular formula is C23H25N3O8. The molecule has 11 heteroatoms. The van der Waals surface area contributed by atoms with Gasteiger partial charge in [0.1, 0.15) is 6.04 Å². The lowest BCUT2D eigenvalue weighted by Crippen LogP contribution is -2.48. The number of nitrogens with one attached hydrogen (secondary N) is 2. The minimum absolute atomic E-state index is 0.159. The molecule has 2 aromatic carbocycles. The van der Waals surface area contributed by atoms with Crippen molar-refractivity contribution in [2.75, 3.05) is 32.8 Å². The van der Waals surface area contributed by atoms with Crippen molar-refractivity contribution in [3.8, 4) is 17.2 Å². The van der Waals surface area contributed by atoms with Gasteiger partial charge in [0.15, 0.2) is 11.5 Å². The molecule has 0 aromatic heterocycles.